The van der Waals surface area contributed by atoms with Crippen molar-refractivity contribution in [3.63, 3.8) is 0 Å². The molecule has 0 aliphatic carbocycles. The minimum Gasteiger partial charge on any atom is -0.322 e. The molecule has 0 aliphatic rings. The number of nitrogens with zero attached hydrogens (tertiary/aromatic N) is 5. The smallest absolute Gasteiger partial charge is 0.255 e. The van der Waals surface area contributed by atoms with E-state index in [0.29, 0.717) is 16.8 Å². The predicted octanol–water partition coefficient (Wildman–Crippen LogP) is 1.79. The summed E-state index contributed by atoms with van der Waals surface area (Å²) in [5.74, 6) is -0.286. The normalized spacial score (nSPS) is 9.95. The molecule has 0 unspecified atom stereocenters. The van der Waals surface area contributed by atoms with Gasteiger partial charge in [0.2, 0.25) is 0 Å². The zero-order valence-electron chi connectivity index (χ0n) is 11.3. The van der Waals surface area contributed by atoms with Crippen molar-refractivity contribution in [3.05, 3.63) is 66.0 Å². The SMILES string of the molecule is N#Cc1cccc(C(=O)Nc2cccc(-n3cnnn3)c2)c1. The second-order valence-corrected chi connectivity index (χ2v) is 4.45. The van der Waals surface area contributed by atoms with Crippen LogP contribution in [0.25, 0.3) is 5.69 Å². The molecule has 0 bridgehead atoms. The van der Waals surface area contributed by atoms with Gasteiger partial charge in [0.25, 0.3) is 5.91 Å². The minimum atomic E-state index is -0.286. The zero-order chi connectivity index (χ0) is 15.4. The lowest BCUT2D eigenvalue weighted by Gasteiger charge is -2.07. The Labute approximate surface area is 125 Å². The van der Waals surface area contributed by atoms with Gasteiger partial charge in [-0.25, -0.2) is 4.68 Å². The van der Waals surface area contributed by atoms with Crippen LogP contribution in [0.4, 0.5) is 5.69 Å². The Balaban J connectivity index is 1.82. The van der Waals surface area contributed by atoms with Crippen molar-refractivity contribution in [1.29, 1.82) is 5.26 Å². The summed E-state index contributed by atoms with van der Waals surface area (Å²) in [5, 5.41) is 22.6. The van der Waals surface area contributed by atoms with E-state index >= 15 is 0 Å². The van der Waals surface area contributed by atoms with Gasteiger partial charge in [-0.1, -0.05) is 12.1 Å². The molecule has 22 heavy (non-hydrogen) atoms. The molecule has 1 aromatic heterocycles. The molecule has 0 fully saturated rings. The first-order valence-electron chi connectivity index (χ1n) is 6.41. The summed E-state index contributed by atoms with van der Waals surface area (Å²) in [4.78, 5) is 12.2. The standard InChI is InChI=1S/C15H10N6O/c16-9-11-3-1-4-12(7-11)15(22)18-13-5-2-6-14(8-13)21-10-17-19-20-21/h1-8,10H,(H,18,22). The maximum atomic E-state index is 12.2. The molecule has 7 nitrogen and oxygen atoms in total. The minimum absolute atomic E-state index is 0.286. The van der Waals surface area contributed by atoms with Crippen molar-refractivity contribution in [1.82, 2.24) is 20.2 Å². The number of hydrogen-bond donors (Lipinski definition) is 1. The predicted molar refractivity (Wildman–Crippen MR) is 78.3 cm³/mol. The van der Waals surface area contributed by atoms with Crippen LogP contribution in [0.2, 0.25) is 0 Å². The van der Waals surface area contributed by atoms with Gasteiger partial charge >= 0.3 is 0 Å². The van der Waals surface area contributed by atoms with Crippen LogP contribution in [0.15, 0.2) is 54.9 Å². The van der Waals surface area contributed by atoms with Gasteiger partial charge in [-0.2, -0.15) is 5.26 Å². The Bertz CT molecular complexity index is 850. The van der Waals surface area contributed by atoms with E-state index in [9.17, 15) is 4.79 Å². The fourth-order valence-corrected chi connectivity index (χ4v) is 1.94. The molecular weight excluding hydrogens is 280 g/mol. The van der Waals surface area contributed by atoms with Gasteiger partial charge < -0.3 is 5.32 Å². The van der Waals surface area contributed by atoms with Crippen LogP contribution in [0.1, 0.15) is 15.9 Å². The van der Waals surface area contributed by atoms with Crippen LogP contribution >= 0.6 is 0 Å². The first kappa shape index (κ1) is 13.5. The number of aromatic nitrogens is 4. The molecule has 1 amide bonds. The molecular formula is C15H10N6O. The Morgan fingerprint density at radius 1 is 1.18 bits per heavy atom. The van der Waals surface area contributed by atoms with Crippen molar-refractivity contribution in [2.75, 3.05) is 5.32 Å². The van der Waals surface area contributed by atoms with E-state index in [0.717, 1.165) is 5.69 Å². The van der Waals surface area contributed by atoms with Gasteiger partial charge in [0.1, 0.15) is 6.33 Å². The summed E-state index contributed by atoms with van der Waals surface area (Å²) in [5.41, 5.74) is 2.20. The number of hydrogen-bond acceptors (Lipinski definition) is 5. The number of carbonyl (C=O) groups excluding carboxylic acids is 1. The maximum absolute atomic E-state index is 12.2. The summed E-state index contributed by atoms with van der Waals surface area (Å²) in [6.45, 7) is 0. The fraction of sp³-hybridized carbons (Fsp3) is 0. The van der Waals surface area contributed by atoms with Gasteiger partial charge in [-0.3, -0.25) is 4.79 Å². The first-order valence-corrected chi connectivity index (χ1v) is 6.41. The Morgan fingerprint density at radius 2 is 2.05 bits per heavy atom. The van der Waals surface area contributed by atoms with Gasteiger partial charge in [-0.05, 0) is 46.8 Å². The topological polar surface area (TPSA) is 96.5 Å². The van der Waals surface area contributed by atoms with Crippen molar-refractivity contribution >= 4 is 11.6 Å². The lowest BCUT2D eigenvalue weighted by molar-refractivity contribution is 0.102. The third kappa shape index (κ3) is 2.81. The number of carbonyl (C=O) groups is 1. The van der Waals surface area contributed by atoms with E-state index < -0.39 is 0 Å². The summed E-state index contributed by atoms with van der Waals surface area (Å²) in [7, 11) is 0. The molecule has 0 spiro atoms. The van der Waals surface area contributed by atoms with Crippen molar-refractivity contribution in [3.8, 4) is 11.8 Å². The van der Waals surface area contributed by atoms with Gasteiger partial charge in [-0.15, -0.1) is 5.10 Å². The van der Waals surface area contributed by atoms with Crippen LogP contribution in [0.3, 0.4) is 0 Å². The quantitative estimate of drug-likeness (QED) is 0.793. The highest BCUT2D eigenvalue weighted by atomic mass is 16.1. The lowest BCUT2D eigenvalue weighted by atomic mass is 10.1. The van der Waals surface area contributed by atoms with E-state index in [-0.39, 0.29) is 5.91 Å². The number of tetrazole rings is 1. The molecule has 1 N–H and O–H groups in total. The van der Waals surface area contributed by atoms with E-state index in [2.05, 4.69) is 20.8 Å². The fourth-order valence-electron chi connectivity index (χ4n) is 1.94. The molecule has 7 heteroatoms. The molecule has 0 radical (unpaired) electrons. The molecule has 106 valence electrons. The van der Waals surface area contributed by atoms with E-state index in [4.69, 9.17) is 5.26 Å². The molecule has 2 aromatic carbocycles. The molecule has 3 aromatic rings. The number of anilines is 1. The lowest BCUT2D eigenvalue weighted by Crippen LogP contribution is -2.12. The molecule has 0 saturated carbocycles. The van der Waals surface area contributed by atoms with E-state index in [1.807, 2.05) is 12.1 Å². The van der Waals surface area contributed by atoms with E-state index in [1.165, 1.54) is 11.0 Å². The average Bonchev–Trinajstić information content (AvgIpc) is 3.10. The third-order valence-electron chi connectivity index (χ3n) is 2.97. The van der Waals surface area contributed by atoms with Crippen molar-refractivity contribution in [2.24, 2.45) is 0 Å². The second kappa shape index (κ2) is 5.85. The second-order valence-electron chi connectivity index (χ2n) is 4.45. The average molecular weight is 290 g/mol. The van der Waals surface area contributed by atoms with Crippen LogP contribution in [-0.4, -0.2) is 26.1 Å². The van der Waals surface area contributed by atoms with Crippen LogP contribution in [0.5, 0.6) is 0 Å². The largest absolute Gasteiger partial charge is 0.322 e. The molecule has 0 saturated heterocycles. The highest BCUT2D eigenvalue weighted by Crippen LogP contribution is 2.15. The van der Waals surface area contributed by atoms with Gasteiger partial charge in [0, 0.05) is 11.3 Å². The highest BCUT2D eigenvalue weighted by molar-refractivity contribution is 6.04. The summed E-state index contributed by atoms with van der Waals surface area (Å²) < 4.78 is 1.49. The number of rotatable bonds is 3. The van der Waals surface area contributed by atoms with E-state index in [1.54, 1.807) is 42.5 Å². The third-order valence-corrected chi connectivity index (χ3v) is 2.97. The maximum Gasteiger partial charge on any atom is 0.255 e. The summed E-state index contributed by atoms with van der Waals surface area (Å²) in [6, 6.07) is 15.7. The molecule has 0 aliphatic heterocycles. The van der Waals surface area contributed by atoms with Crippen molar-refractivity contribution in [2.45, 2.75) is 0 Å². The van der Waals surface area contributed by atoms with Crippen LogP contribution in [0, 0.1) is 11.3 Å². The van der Waals surface area contributed by atoms with Gasteiger partial charge in [0.15, 0.2) is 0 Å². The number of nitrogens with one attached hydrogen (secondary N) is 1. The van der Waals surface area contributed by atoms with Crippen molar-refractivity contribution < 1.29 is 4.79 Å². The Hall–Kier alpha value is -3.53. The number of amides is 1. The highest BCUT2D eigenvalue weighted by Gasteiger charge is 2.08. The molecule has 1 heterocycles. The number of benzene rings is 2. The monoisotopic (exact) mass is 290 g/mol. The van der Waals surface area contributed by atoms with Crippen LogP contribution < -0.4 is 5.32 Å². The Kier molecular flexibility index (Phi) is 3.58. The summed E-state index contributed by atoms with van der Waals surface area (Å²) in [6.07, 6.45) is 1.47. The Morgan fingerprint density at radius 3 is 2.82 bits per heavy atom. The van der Waals surface area contributed by atoms with Gasteiger partial charge in [0.05, 0.1) is 17.3 Å². The molecule has 0 atom stereocenters. The summed E-state index contributed by atoms with van der Waals surface area (Å²) >= 11 is 0. The number of nitriles is 1. The first-order chi connectivity index (χ1) is 10.8. The van der Waals surface area contributed by atoms with Crippen LogP contribution in [-0.2, 0) is 0 Å². The molecule has 3 rings (SSSR count). The zero-order valence-corrected chi connectivity index (χ0v) is 11.3.